The van der Waals surface area contributed by atoms with E-state index in [4.69, 9.17) is 4.42 Å². The predicted molar refractivity (Wildman–Crippen MR) is 156 cm³/mol. The van der Waals surface area contributed by atoms with Crippen molar-refractivity contribution in [3.05, 3.63) is 126 Å². The molecule has 0 bridgehead atoms. The van der Waals surface area contributed by atoms with E-state index >= 15 is 4.39 Å². The van der Waals surface area contributed by atoms with Gasteiger partial charge in [-0.05, 0) is 78.5 Å². The van der Waals surface area contributed by atoms with Crippen molar-refractivity contribution in [2.75, 3.05) is 0 Å². The van der Waals surface area contributed by atoms with E-state index in [1.54, 1.807) is 6.07 Å². The fourth-order valence-electron chi connectivity index (χ4n) is 6.58. The van der Waals surface area contributed by atoms with Crippen molar-refractivity contribution in [3.8, 4) is 22.4 Å². The number of rotatable bonds is 4. The fourth-order valence-corrected chi connectivity index (χ4v) is 6.58. The Labute approximate surface area is 228 Å². The van der Waals surface area contributed by atoms with Crippen LogP contribution in [0, 0.1) is 12.7 Å². The average molecular weight is 513 g/mol. The van der Waals surface area contributed by atoms with Gasteiger partial charge in [-0.3, -0.25) is 0 Å². The average Bonchev–Trinajstić information content (AvgIpc) is 3.60. The van der Waals surface area contributed by atoms with Gasteiger partial charge in [0, 0.05) is 22.9 Å². The van der Waals surface area contributed by atoms with E-state index in [-0.39, 0.29) is 5.82 Å². The number of aryl methyl sites for hydroxylation is 2. The van der Waals surface area contributed by atoms with Crippen molar-refractivity contribution in [1.29, 1.82) is 0 Å². The van der Waals surface area contributed by atoms with E-state index in [0.29, 0.717) is 23.0 Å². The summed E-state index contributed by atoms with van der Waals surface area (Å²) in [6.45, 7) is 2.10. The molecule has 7 rings (SSSR count). The number of hydrogen-bond acceptors (Lipinski definition) is 1. The Bertz CT molecular complexity index is 1820. The predicted octanol–water partition coefficient (Wildman–Crippen LogP) is 9.24. The quantitative estimate of drug-likeness (QED) is 0.215. The van der Waals surface area contributed by atoms with E-state index in [1.165, 1.54) is 24.0 Å². The minimum atomic E-state index is -0.261. The van der Waals surface area contributed by atoms with E-state index in [0.717, 1.165) is 45.2 Å². The van der Waals surface area contributed by atoms with Crippen molar-refractivity contribution in [3.63, 3.8) is 0 Å². The van der Waals surface area contributed by atoms with Gasteiger partial charge >= 0.3 is 0 Å². The highest BCUT2D eigenvalue weighted by Gasteiger charge is 2.27. The molecule has 0 spiro atoms. The zero-order chi connectivity index (χ0) is 26.5. The van der Waals surface area contributed by atoms with Crippen LogP contribution in [0.5, 0.6) is 0 Å². The second-order valence-corrected chi connectivity index (χ2v) is 11.0. The summed E-state index contributed by atoms with van der Waals surface area (Å²) < 4.78 is 24.2. The van der Waals surface area contributed by atoms with Crippen LogP contribution in [0.2, 0.25) is 0 Å². The molecule has 4 aromatic carbocycles. The third-order valence-electron chi connectivity index (χ3n) is 8.65. The van der Waals surface area contributed by atoms with Gasteiger partial charge in [-0.15, -0.1) is 0 Å². The molecule has 1 fully saturated rings. The Kier molecular flexibility index (Phi) is 5.81. The van der Waals surface area contributed by atoms with Crippen LogP contribution in [0.15, 0.2) is 108 Å². The SMILES string of the molecule is Cc1ccc2c(oc3c(-c4ccc(C5CCC(c6ccccc6)C5)cc4)c(F)ccc32)c1-c1cccc[n+]1C. The molecule has 2 nitrogen and oxygen atoms in total. The first-order valence-corrected chi connectivity index (χ1v) is 13.8. The van der Waals surface area contributed by atoms with Gasteiger partial charge in [0.25, 0.3) is 0 Å². The van der Waals surface area contributed by atoms with Crippen LogP contribution >= 0.6 is 0 Å². The Morgan fingerprint density at radius 1 is 0.692 bits per heavy atom. The lowest BCUT2D eigenvalue weighted by Gasteiger charge is -2.13. The Balaban J connectivity index is 1.29. The number of fused-ring (bicyclic) bond motifs is 3. The fraction of sp³-hybridized carbons (Fsp3) is 0.194. The summed E-state index contributed by atoms with van der Waals surface area (Å²) >= 11 is 0. The molecular weight excluding hydrogens is 481 g/mol. The van der Waals surface area contributed by atoms with E-state index in [1.807, 2.05) is 31.4 Å². The second-order valence-electron chi connectivity index (χ2n) is 11.0. The highest BCUT2D eigenvalue weighted by atomic mass is 19.1. The Morgan fingerprint density at radius 2 is 1.33 bits per heavy atom. The number of halogens is 1. The van der Waals surface area contributed by atoms with Crippen LogP contribution in [0.3, 0.4) is 0 Å². The molecule has 1 saturated carbocycles. The zero-order valence-electron chi connectivity index (χ0n) is 22.3. The molecule has 39 heavy (non-hydrogen) atoms. The summed E-state index contributed by atoms with van der Waals surface area (Å²) in [5.74, 6) is 0.887. The number of aromatic nitrogens is 1. The summed E-state index contributed by atoms with van der Waals surface area (Å²) in [4.78, 5) is 0. The van der Waals surface area contributed by atoms with Gasteiger partial charge in [-0.25, -0.2) is 8.96 Å². The van der Waals surface area contributed by atoms with Gasteiger partial charge in [0.1, 0.15) is 24.0 Å². The largest absolute Gasteiger partial charge is 0.454 e. The molecule has 192 valence electrons. The smallest absolute Gasteiger partial charge is 0.216 e. The number of benzene rings is 4. The Morgan fingerprint density at radius 3 is 2.05 bits per heavy atom. The maximum absolute atomic E-state index is 15.5. The standard InChI is InChI=1S/C36H31FNO/c1-23-11-18-29-30-19-20-31(37)34(36(30)39-35(29)33(23)32-10-6-7-21-38(32)2)26-14-12-25(13-15-26)28-17-16-27(22-28)24-8-4-3-5-9-24/h3-15,18-21,27-28H,16-17,22H2,1-2H3/q+1. The molecule has 2 aromatic heterocycles. The summed E-state index contributed by atoms with van der Waals surface area (Å²) in [6, 6.07) is 33.2. The summed E-state index contributed by atoms with van der Waals surface area (Å²) in [6.07, 6.45) is 5.60. The minimum Gasteiger partial charge on any atom is -0.454 e. The maximum Gasteiger partial charge on any atom is 0.216 e. The molecule has 0 N–H and O–H groups in total. The lowest BCUT2D eigenvalue weighted by molar-refractivity contribution is -0.660. The first-order chi connectivity index (χ1) is 19.1. The monoisotopic (exact) mass is 512 g/mol. The van der Waals surface area contributed by atoms with Crippen LogP contribution in [-0.4, -0.2) is 0 Å². The van der Waals surface area contributed by atoms with Crippen molar-refractivity contribution in [2.45, 2.75) is 38.0 Å². The minimum absolute atomic E-state index is 0.261. The van der Waals surface area contributed by atoms with Crippen molar-refractivity contribution in [1.82, 2.24) is 0 Å². The highest BCUT2D eigenvalue weighted by molar-refractivity contribution is 6.13. The molecule has 2 atom stereocenters. The zero-order valence-corrected chi connectivity index (χ0v) is 22.3. The molecule has 0 amide bonds. The van der Waals surface area contributed by atoms with Crippen molar-refractivity contribution < 1.29 is 13.4 Å². The molecular formula is C36H31FNO+. The van der Waals surface area contributed by atoms with Crippen LogP contribution in [0.4, 0.5) is 4.39 Å². The number of nitrogens with zero attached hydrogens (tertiary/aromatic N) is 1. The van der Waals surface area contributed by atoms with Crippen LogP contribution in [-0.2, 0) is 7.05 Å². The van der Waals surface area contributed by atoms with Crippen LogP contribution in [0.1, 0.15) is 47.8 Å². The van der Waals surface area contributed by atoms with Gasteiger partial charge in [0.05, 0.1) is 11.1 Å². The molecule has 1 aliphatic rings. The molecule has 0 aliphatic heterocycles. The van der Waals surface area contributed by atoms with E-state index in [9.17, 15) is 0 Å². The van der Waals surface area contributed by atoms with E-state index in [2.05, 4.69) is 84.3 Å². The third kappa shape index (κ3) is 4.04. The molecule has 6 aromatic rings. The topological polar surface area (TPSA) is 17.0 Å². The normalized spacial score (nSPS) is 17.3. The van der Waals surface area contributed by atoms with Crippen LogP contribution in [0.25, 0.3) is 44.3 Å². The van der Waals surface area contributed by atoms with Crippen molar-refractivity contribution >= 4 is 21.9 Å². The number of pyridine rings is 1. The number of hydrogen-bond donors (Lipinski definition) is 0. The first-order valence-electron chi connectivity index (χ1n) is 13.8. The molecule has 0 radical (unpaired) electrons. The lowest BCUT2D eigenvalue weighted by atomic mass is 9.92. The highest BCUT2D eigenvalue weighted by Crippen LogP contribution is 2.45. The first kappa shape index (κ1) is 23.8. The number of furan rings is 1. The summed E-state index contributed by atoms with van der Waals surface area (Å²) in [5.41, 5.74) is 8.80. The van der Waals surface area contributed by atoms with Gasteiger partial charge < -0.3 is 4.42 Å². The van der Waals surface area contributed by atoms with Crippen molar-refractivity contribution in [2.24, 2.45) is 7.05 Å². The van der Waals surface area contributed by atoms with E-state index < -0.39 is 0 Å². The molecule has 2 unspecified atom stereocenters. The lowest BCUT2D eigenvalue weighted by Crippen LogP contribution is -2.30. The molecule has 2 heterocycles. The van der Waals surface area contributed by atoms with Gasteiger partial charge in [-0.1, -0.05) is 66.7 Å². The third-order valence-corrected chi connectivity index (χ3v) is 8.65. The van der Waals surface area contributed by atoms with Gasteiger partial charge in [0.2, 0.25) is 5.69 Å². The summed E-state index contributed by atoms with van der Waals surface area (Å²) in [7, 11) is 2.04. The Hall–Kier alpha value is -4.24. The van der Waals surface area contributed by atoms with Gasteiger partial charge in [0.15, 0.2) is 6.20 Å². The molecule has 3 heteroatoms. The molecule has 1 aliphatic carbocycles. The summed E-state index contributed by atoms with van der Waals surface area (Å²) in [5, 5.41) is 1.94. The molecule has 0 saturated heterocycles. The maximum atomic E-state index is 15.5. The second kappa shape index (κ2) is 9.50. The van der Waals surface area contributed by atoms with Crippen LogP contribution < -0.4 is 4.57 Å². The van der Waals surface area contributed by atoms with Gasteiger partial charge in [-0.2, -0.15) is 0 Å².